The molecule has 0 fully saturated rings. The van der Waals surface area contributed by atoms with Crippen molar-refractivity contribution >= 4 is 11.3 Å². The van der Waals surface area contributed by atoms with Crippen molar-refractivity contribution in [2.24, 2.45) is 0 Å². The predicted molar refractivity (Wildman–Crippen MR) is 70.6 cm³/mol. The zero-order valence-corrected chi connectivity index (χ0v) is 10.8. The minimum Gasteiger partial charge on any atom is -0.494 e. The van der Waals surface area contributed by atoms with Gasteiger partial charge in [0.2, 0.25) is 0 Å². The molecule has 0 aliphatic rings. The second kappa shape index (κ2) is 5.80. The topological polar surface area (TPSA) is 34.1 Å². The van der Waals surface area contributed by atoms with Gasteiger partial charge < -0.3 is 10.1 Å². The van der Waals surface area contributed by atoms with Gasteiger partial charge in [0.25, 0.3) is 0 Å². The van der Waals surface area contributed by atoms with Gasteiger partial charge in [0.05, 0.1) is 12.6 Å². The monoisotopic (exact) mass is 248 g/mol. The number of para-hydroxylation sites is 1. The number of thiazole rings is 1. The molecule has 4 heteroatoms. The Bertz CT molecular complexity index is 456. The smallest absolute Gasteiger partial charge is 0.124 e. The summed E-state index contributed by atoms with van der Waals surface area (Å²) in [5.41, 5.74) is 1.13. The first-order valence-electron chi connectivity index (χ1n) is 5.65. The molecule has 0 spiro atoms. The van der Waals surface area contributed by atoms with E-state index in [0.717, 1.165) is 16.3 Å². The van der Waals surface area contributed by atoms with Gasteiger partial charge in [-0.25, -0.2) is 4.98 Å². The summed E-state index contributed by atoms with van der Waals surface area (Å²) in [7, 11) is 1.94. The van der Waals surface area contributed by atoms with E-state index in [4.69, 9.17) is 4.74 Å². The van der Waals surface area contributed by atoms with Crippen molar-refractivity contribution in [2.45, 2.75) is 13.0 Å². The van der Waals surface area contributed by atoms with E-state index >= 15 is 0 Å². The lowest BCUT2D eigenvalue weighted by Gasteiger charge is -2.17. The number of ether oxygens (including phenoxy) is 1. The molecule has 1 aromatic heterocycles. The third-order valence-electron chi connectivity index (χ3n) is 2.52. The molecule has 0 saturated carbocycles. The molecular weight excluding hydrogens is 232 g/mol. The van der Waals surface area contributed by atoms with Crippen molar-refractivity contribution in [3.05, 3.63) is 46.4 Å². The summed E-state index contributed by atoms with van der Waals surface area (Å²) in [6, 6.07) is 8.18. The highest BCUT2D eigenvalue weighted by molar-refractivity contribution is 7.09. The van der Waals surface area contributed by atoms with Gasteiger partial charge in [0, 0.05) is 17.1 Å². The third kappa shape index (κ3) is 2.65. The van der Waals surface area contributed by atoms with E-state index in [1.165, 1.54) is 0 Å². The van der Waals surface area contributed by atoms with E-state index < -0.39 is 0 Å². The Labute approximate surface area is 105 Å². The van der Waals surface area contributed by atoms with Crippen molar-refractivity contribution < 1.29 is 4.74 Å². The molecule has 90 valence electrons. The highest BCUT2D eigenvalue weighted by Crippen LogP contribution is 2.30. The summed E-state index contributed by atoms with van der Waals surface area (Å²) in [5.74, 6) is 0.921. The van der Waals surface area contributed by atoms with Gasteiger partial charge in [0.15, 0.2) is 0 Å². The number of hydrogen-bond acceptors (Lipinski definition) is 4. The number of hydrogen-bond donors (Lipinski definition) is 1. The molecule has 17 heavy (non-hydrogen) atoms. The summed E-state index contributed by atoms with van der Waals surface area (Å²) in [6.07, 6.45) is 1.83. The average molecular weight is 248 g/mol. The number of benzene rings is 1. The van der Waals surface area contributed by atoms with Crippen molar-refractivity contribution in [3.63, 3.8) is 0 Å². The van der Waals surface area contributed by atoms with Crippen LogP contribution < -0.4 is 10.1 Å². The van der Waals surface area contributed by atoms with Crippen LogP contribution in [0, 0.1) is 0 Å². The van der Waals surface area contributed by atoms with Gasteiger partial charge in [-0.1, -0.05) is 18.2 Å². The summed E-state index contributed by atoms with van der Waals surface area (Å²) in [4.78, 5) is 4.37. The maximum atomic E-state index is 5.65. The van der Waals surface area contributed by atoms with E-state index in [2.05, 4.69) is 16.4 Å². The van der Waals surface area contributed by atoms with Crippen molar-refractivity contribution in [2.75, 3.05) is 13.7 Å². The third-order valence-corrected chi connectivity index (χ3v) is 3.36. The molecule has 1 N–H and O–H groups in total. The Morgan fingerprint density at radius 3 is 2.88 bits per heavy atom. The average Bonchev–Trinajstić information content (AvgIpc) is 2.86. The first kappa shape index (κ1) is 12.1. The number of nitrogens with one attached hydrogen (secondary N) is 1. The molecule has 0 amide bonds. The molecule has 3 nitrogen and oxygen atoms in total. The van der Waals surface area contributed by atoms with Crippen LogP contribution in [0.1, 0.15) is 23.5 Å². The van der Waals surface area contributed by atoms with Crippen LogP contribution in [0.5, 0.6) is 5.75 Å². The van der Waals surface area contributed by atoms with Crippen molar-refractivity contribution in [1.82, 2.24) is 10.3 Å². The van der Waals surface area contributed by atoms with Crippen LogP contribution in [0.3, 0.4) is 0 Å². The Kier molecular flexibility index (Phi) is 4.12. The maximum absolute atomic E-state index is 5.65. The van der Waals surface area contributed by atoms with Crippen molar-refractivity contribution in [1.29, 1.82) is 0 Å². The first-order chi connectivity index (χ1) is 8.36. The van der Waals surface area contributed by atoms with Gasteiger partial charge >= 0.3 is 0 Å². The van der Waals surface area contributed by atoms with Crippen LogP contribution in [-0.4, -0.2) is 18.6 Å². The fraction of sp³-hybridized carbons (Fsp3) is 0.308. The van der Waals surface area contributed by atoms with E-state index in [1.807, 2.05) is 43.7 Å². The lowest BCUT2D eigenvalue weighted by molar-refractivity contribution is 0.334. The number of aromatic nitrogens is 1. The largest absolute Gasteiger partial charge is 0.494 e. The van der Waals surface area contributed by atoms with E-state index in [9.17, 15) is 0 Å². The lowest BCUT2D eigenvalue weighted by atomic mass is 10.1. The van der Waals surface area contributed by atoms with Gasteiger partial charge in [0.1, 0.15) is 10.8 Å². The fourth-order valence-electron chi connectivity index (χ4n) is 1.80. The molecule has 0 aliphatic carbocycles. The molecular formula is C13H16N2OS. The highest BCUT2D eigenvalue weighted by Gasteiger charge is 2.18. The first-order valence-corrected chi connectivity index (χ1v) is 6.53. The molecule has 1 aromatic carbocycles. The molecule has 0 bridgehead atoms. The van der Waals surface area contributed by atoms with Crippen LogP contribution in [0.4, 0.5) is 0 Å². The number of rotatable bonds is 5. The second-order valence-corrected chi connectivity index (χ2v) is 4.49. The molecule has 2 rings (SSSR count). The Balaban J connectivity index is 2.37. The molecule has 0 saturated heterocycles. The molecule has 1 heterocycles. The van der Waals surface area contributed by atoms with Crippen LogP contribution in [-0.2, 0) is 0 Å². The normalized spacial score (nSPS) is 12.4. The zero-order valence-electron chi connectivity index (χ0n) is 10.0. The van der Waals surface area contributed by atoms with Gasteiger partial charge in [-0.3, -0.25) is 0 Å². The number of nitrogens with zero attached hydrogens (tertiary/aromatic N) is 1. The quantitative estimate of drug-likeness (QED) is 0.883. The zero-order chi connectivity index (χ0) is 12.1. The molecule has 1 unspecified atom stereocenters. The maximum Gasteiger partial charge on any atom is 0.124 e. The summed E-state index contributed by atoms with van der Waals surface area (Å²) in [6.45, 7) is 2.67. The van der Waals surface area contributed by atoms with Gasteiger partial charge in [-0.2, -0.15) is 0 Å². The van der Waals surface area contributed by atoms with Crippen molar-refractivity contribution in [3.8, 4) is 5.75 Å². The van der Waals surface area contributed by atoms with Crippen LogP contribution in [0.2, 0.25) is 0 Å². The van der Waals surface area contributed by atoms with Gasteiger partial charge in [-0.05, 0) is 20.0 Å². The summed E-state index contributed by atoms with van der Waals surface area (Å²) < 4.78 is 5.65. The molecule has 1 atom stereocenters. The minimum atomic E-state index is 0.0951. The minimum absolute atomic E-state index is 0.0951. The van der Waals surface area contributed by atoms with Crippen LogP contribution in [0.15, 0.2) is 35.8 Å². The lowest BCUT2D eigenvalue weighted by Crippen LogP contribution is -2.18. The Hall–Kier alpha value is -1.39. The molecule has 0 aliphatic heterocycles. The fourth-order valence-corrected chi connectivity index (χ4v) is 2.56. The highest BCUT2D eigenvalue weighted by atomic mass is 32.1. The standard InChI is InChI=1S/C13H16N2OS/c1-3-16-11-7-5-4-6-10(11)12(14-2)13-15-8-9-17-13/h4-9,12,14H,3H2,1-2H3. The SMILES string of the molecule is CCOc1ccccc1C(NC)c1nccs1. The van der Waals surface area contributed by atoms with Crippen LogP contribution in [0.25, 0.3) is 0 Å². The van der Waals surface area contributed by atoms with E-state index in [0.29, 0.717) is 6.61 Å². The summed E-state index contributed by atoms with van der Waals surface area (Å²) >= 11 is 1.65. The molecule has 0 radical (unpaired) electrons. The Morgan fingerprint density at radius 1 is 1.41 bits per heavy atom. The second-order valence-electron chi connectivity index (χ2n) is 3.56. The summed E-state index contributed by atoms with van der Waals surface area (Å²) in [5, 5.41) is 6.33. The van der Waals surface area contributed by atoms with Crippen LogP contribution >= 0.6 is 11.3 Å². The Morgan fingerprint density at radius 2 is 2.24 bits per heavy atom. The van der Waals surface area contributed by atoms with E-state index in [1.54, 1.807) is 11.3 Å². The van der Waals surface area contributed by atoms with E-state index in [-0.39, 0.29) is 6.04 Å². The predicted octanol–water partition coefficient (Wildman–Crippen LogP) is 2.85. The van der Waals surface area contributed by atoms with Gasteiger partial charge in [-0.15, -0.1) is 11.3 Å². The molecule has 2 aromatic rings.